The highest BCUT2D eigenvalue weighted by Gasteiger charge is 2.04. The third-order valence-electron chi connectivity index (χ3n) is 2.23. The van der Waals surface area contributed by atoms with Gasteiger partial charge in [0, 0.05) is 26.7 Å². The van der Waals surface area contributed by atoms with Crippen LogP contribution in [0.5, 0.6) is 0 Å². The molecule has 0 spiro atoms. The van der Waals surface area contributed by atoms with Gasteiger partial charge < -0.3 is 15.4 Å². The number of rotatable bonds is 7. The van der Waals surface area contributed by atoms with Crippen LogP contribution >= 0.6 is 11.6 Å². The van der Waals surface area contributed by atoms with E-state index in [-0.39, 0.29) is 0 Å². The van der Waals surface area contributed by atoms with E-state index < -0.39 is 0 Å². The van der Waals surface area contributed by atoms with Crippen molar-refractivity contribution in [3.63, 3.8) is 0 Å². The van der Waals surface area contributed by atoms with Crippen molar-refractivity contribution in [3.05, 3.63) is 28.8 Å². The molecule has 0 aliphatic rings. The first-order valence-electron chi connectivity index (χ1n) is 5.41. The molecule has 0 bridgehead atoms. The van der Waals surface area contributed by atoms with Crippen LogP contribution in [0.25, 0.3) is 0 Å². The predicted octanol–water partition coefficient (Wildman–Crippen LogP) is 1.86. The Kier molecular flexibility index (Phi) is 6.41. The smallest absolute Gasteiger partial charge is 0.103 e. The molecule has 0 aromatic heterocycles. The van der Waals surface area contributed by atoms with E-state index in [0.717, 1.165) is 25.3 Å². The Bertz CT molecular complexity index is 390. The lowest BCUT2D eigenvalue weighted by molar-refractivity contribution is 0.200. The molecule has 0 atom stereocenters. The molecule has 0 aliphatic carbocycles. The molecule has 1 rings (SSSR count). The second-order valence-corrected chi connectivity index (χ2v) is 3.85. The van der Waals surface area contributed by atoms with Gasteiger partial charge in [-0.15, -0.1) is 0 Å². The summed E-state index contributed by atoms with van der Waals surface area (Å²) in [5.41, 5.74) is 1.26. The average Bonchev–Trinajstić information content (AvgIpc) is 2.34. The first kappa shape index (κ1) is 13.8. The molecule has 1 aromatic rings. The van der Waals surface area contributed by atoms with E-state index >= 15 is 0 Å². The Balaban J connectivity index is 2.37. The maximum atomic E-state index is 8.97. The van der Waals surface area contributed by atoms with Crippen molar-refractivity contribution in [2.45, 2.75) is 0 Å². The van der Waals surface area contributed by atoms with E-state index in [1.165, 1.54) is 0 Å². The van der Waals surface area contributed by atoms with Crippen LogP contribution in [0, 0.1) is 11.3 Å². The van der Waals surface area contributed by atoms with Crippen molar-refractivity contribution in [2.75, 3.05) is 38.7 Å². The fourth-order valence-electron chi connectivity index (χ4n) is 1.37. The number of halogens is 1. The Morgan fingerprint density at radius 3 is 2.88 bits per heavy atom. The second-order valence-electron chi connectivity index (χ2n) is 3.44. The summed E-state index contributed by atoms with van der Waals surface area (Å²) in [6, 6.07) is 7.47. The van der Waals surface area contributed by atoms with Crippen molar-refractivity contribution in [1.29, 1.82) is 5.26 Å². The zero-order chi connectivity index (χ0) is 12.5. The molecule has 0 fully saturated rings. The van der Waals surface area contributed by atoms with Crippen LogP contribution in [0.1, 0.15) is 5.56 Å². The average molecular weight is 254 g/mol. The fraction of sp³-hybridized carbons (Fsp3) is 0.417. The highest BCUT2D eigenvalue weighted by atomic mass is 35.5. The fourth-order valence-corrected chi connectivity index (χ4v) is 1.59. The maximum Gasteiger partial charge on any atom is 0.103 e. The van der Waals surface area contributed by atoms with Crippen LogP contribution in [0.2, 0.25) is 5.02 Å². The topological polar surface area (TPSA) is 57.1 Å². The van der Waals surface area contributed by atoms with E-state index in [9.17, 15) is 0 Å². The second kappa shape index (κ2) is 7.91. The summed E-state index contributed by atoms with van der Waals surface area (Å²) in [5.74, 6) is 0. The van der Waals surface area contributed by atoms with Gasteiger partial charge in [-0.3, -0.25) is 0 Å². The number of hydrogen-bond acceptors (Lipinski definition) is 4. The molecule has 0 radical (unpaired) electrons. The van der Waals surface area contributed by atoms with Gasteiger partial charge in [0.05, 0.1) is 22.9 Å². The Morgan fingerprint density at radius 2 is 2.18 bits per heavy atom. The third kappa shape index (κ3) is 4.61. The minimum Gasteiger partial charge on any atom is -0.383 e. The molecule has 92 valence electrons. The third-order valence-corrected chi connectivity index (χ3v) is 2.54. The molecule has 2 N–H and O–H groups in total. The zero-order valence-electron chi connectivity index (χ0n) is 9.79. The lowest BCUT2D eigenvalue weighted by Gasteiger charge is -2.09. The summed E-state index contributed by atoms with van der Waals surface area (Å²) in [6.45, 7) is 3.05. The number of nitriles is 1. The molecule has 0 amide bonds. The molecule has 0 saturated carbocycles. The van der Waals surface area contributed by atoms with Crippen molar-refractivity contribution < 1.29 is 4.74 Å². The van der Waals surface area contributed by atoms with Gasteiger partial charge >= 0.3 is 0 Å². The van der Waals surface area contributed by atoms with Crippen molar-refractivity contribution in [1.82, 2.24) is 5.32 Å². The number of methoxy groups -OCH3 is 1. The van der Waals surface area contributed by atoms with Gasteiger partial charge in [0.15, 0.2) is 0 Å². The van der Waals surface area contributed by atoms with E-state index in [1.807, 2.05) is 12.1 Å². The first-order valence-corrected chi connectivity index (χ1v) is 5.79. The van der Waals surface area contributed by atoms with Gasteiger partial charge in [-0.05, 0) is 12.1 Å². The summed E-state index contributed by atoms with van der Waals surface area (Å²) in [7, 11) is 1.67. The number of ether oxygens (including phenoxy) is 1. The molecular formula is C12H16ClN3O. The van der Waals surface area contributed by atoms with Gasteiger partial charge in [-0.25, -0.2) is 0 Å². The van der Waals surface area contributed by atoms with E-state index in [1.54, 1.807) is 13.2 Å². The summed E-state index contributed by atoms with van der Waals surface area (Å²) in [4.78, 5) is 0. The van der Waals surface area contributed by atoms with Crippen LogP contribution in [0.15, 0.2) is 18.2 Å². The van der Waals surface area contributed by atoms with Gasteiger partial charge in [0.2, 0.25) is 0 Å². The molecule has 0 unspecified atom stereocenters. The number of benzene rings is 1. The van der Waals surface area contributed by atoms with Crippen LogP contribution < -0.4 is 10.6 Å². The van der Waals surface area contributed by atoms with Crippen molar-refractivity contribution >= 4 is 17.3 Å². The Labute approximate surface area is 107 Å². The molecule has 0 aliphatic heterocycles. The zero-order valence-corrected chi connectivity index (χ0v) is 10.5. The highest BCUT2D eigenvalue weighted by Crippen LogP contribution is 2.22. The minimum atomic E-state index is 0.477. The van der Waals surface area contributed by atoms with E-state index in [0.29, 0.717) is 17.2 Å². The van der Waals surface area contributed by atoms with Crippen LogP contribution in [-0.2, 0) is 4.74 Å². The lowest BCUT2D eigenvalue weighted by Crippen LogP contribution is -2.25. The summed E-state index contributed by atoms with van der Waals surface area (Å²) in [5, 5.41) is 15.8. The minimum absolute atomic E-state index is 0.477. The predicted molar refractivity (Wildman–Crippen MR) is 69.4 cm³/mol. The standard InChI is InChI=1S/C12H16ClN3O/c1-17-8-7-15-5-6-16-12-4-2-3-11(13)10(12)9-14/h2-4,15-16H,5-8H2,1H3. The Morgan fingerprint density at radius 1 is 1.35 bits per heavy atom. The van der Waals surface area contributed by atoms with Gasteiger partial charge in [0.1, 0.15) is 6.07 Å². The molecule has 17 heavy (non-hydrogen) atoms. The number of hydrogen-bond donors (Lipinski definition) is 2. The lowest BCUT2D eigenvalue weighted by atomic mass is 10.2. The van der Waals surface area contributed by atoms with E-state index in [4.69, 9.17) is 21.6 Å². The molecule has 4 nitrogen and oxygen atoms in total. The first-order chi connectivity index (χ1) is 8.29. The monoisotopic (exact) mass is 253 g/mol. The molecular weight excluding hydrogens is 238 g/mol. The Hall–Kier alpha value is -1.28. The van der Waals surface area contributed by atoms with Crippen LogP contribution in [0.3, 0.4) is 0 Å². The number of nitrogens with zero attached hydrogens (tertiary/aromatic N) is 1. The quantitative estimate of drug-likeness (QED) is 0.729. The SMILES string of the molecule is COCCNCCNc1cccc(Cl)c1C#N. The van der Waals surface area contributed by atoms with Crippen molar-refractivity contribution in [2.24, 2.45) is 0 Å². The van der Waals surface area contributed by atoms with Crippen LogP contribution in [0.4, 0.5) is 5.69 Å². The number of anilines is 1. The molecule has 0 heterocycles. The van der Waals surface area contributed by atoms with Crippen molar-refractivity contribution in [3.8, 4) is 6.07 Å². The largest absolute Gasteiger partial charge is 0.383 e. The van der Waals surface area contributed by atoms with Gasteiger partial charge in [-0.2, -0.15) is 5.26 Å². The van der Waals surface area contributed by atoms with Crippen LogP contribution in [-0.4, -0.2) is 33.4 Å². The summed E-state index contributed by atoms with van der Waals surface area (Å²) >= 11 is 5.92. The molecule has 5 heteroatoms. The van der Waals surface area contributed by atoms with Gasteiger partial charge in [0.25, 0.3) is 0 Å². The summed E-state index contributed by atoms with van der Waals surface area (Å²) in [6.07, 6.45) is 0. The van der Waals surface area contributed by atoms with E-state index in [2.05, 4.69) is 16.7 Å². The number of nitrogens with one attached hydrogen (secondary N) is 2. The summed E-state index contributed by atoms with van der Waals surface area (Å²) < 4.78 is 4.92. The molecule has 1 aromatic carbocycles. The highest BCUT2D eigenvalue weighted by molar-refractivity contribution is 6.32. The van der Waals surface area contributed by atoms with Gasteiger partial charge in [-0.1, -0.05) is 17.7 Å². The maximum absolute atomic E-state index is 8.97. The molecule has 0 saturated heterocycles. The normalized spacial score (nSPS) is 9.94.